The summed E-state index contributed by atoms with van der Waals surface area (Å²) in [7, 11) is 0. The molecule has 1 N–H and O–H groups in total. The molecule has 0 aliphatic heterocycles. The van der Waals surface area contributed by atoms with Crippen molar-refractivity contribution in [2.75, 3.05) is 26.4 Å². The summed E-state index contributed by atoms with van der Waals surface area (Å²) in [6.07, 6.45) is 0.988. The van der Waals surface area contributed by atoms with Crippen molar-refractivity contribution >= 4 is 17.7 Å². The number of aromatic nitrogens is 1. The van der Waals surface area contributed by atoms with E-state index >= 15 is 0 Å². The molecule has 0 saturated heterocycles. The Morgan fingerprint density at radius 1 is 1.11 bits per heavy atom. The highest BCUT2D eigenvalue weighted by atomic mass is 16.5. The SMILES string of the molecule is CCOCCCN(C(=O)CC)C(C)C(=O)c1c(C)[nH]c(C(=O)OCC)c1C. The Bertz CT molecular complexity index is 666. The molecule has 0 fully saturated rings. The molecule has 0 aliphatic carbocycles. The Kier molecular flexibility index (Phi) is 9.21. The van der Waals surface area contributed by atoms with Gasteiger partial charge in [-0.2, -0.15) is 0 Å². The van der Waals surface area contributed by atoms with E-state index < -0.39 is 12.0 Å². The number of carbonyl (C=O) groups is 3. The second-order valence-electron chi connectivity index (χ2n) is 6.38. The third kappa shape index (κ3) is 5.66. The first kappa shape index (κ1) is 22.9. The molecule has 0 saturated carbocycles. The molecule has 1 heterocycles. The Morgan fingerprint density at radius 3 is 2.33 bits per heavy atom. The molecule has 0 bridgehead atoms. The van der Waals surface area contributed by atoms with Gasteiger partial charge in [0.2, 0.25) is 5.91 Å². The largest absolute Gasteiger partial charge is 0.461 e. The van der Waals surface area contributed by atoms with Gasteiger partial charge in [-0.25, -0.2) is 4.79 Å². The summed E-state index contributed by atoms with van der Waals surface area (Å²) >= 11 is 0. The summed E-state index contributed by atoms with van der Waals surface area (Å²) in [5, 5.41) is 0. The molecule has 1 atom stereocenters. The number of hydrogen-bond donors (Lipinski definition) is 1. The second kappa shape index (κ2) is 10.9. The first-order valence-corrected chi connectivity index (χ1v) is 9.57. The van der Waals surface area contributed by atoms with E-state index in [2.05, 4.69) is 4.98 Å². The minimum Gasteiger partial charge on any atom is -0.461 e. The number of esters is 1. The highest BCUT2D eigenvalue weighted by Gasteiger charge is 2.30. The van der Waals surface area contributed by atoms with Gasteiger partial charge in [-0.1, -0.05) is 6.92 Å². The fourth-order valence-electron chi connectivity index (χ4n) is 3.10. The van der Waals surface area contributed by atoms with Gasteiger partial charge < -0.3 is 19.4 Å². The van der Waals surface area contributed by atoms with Crippen molar-refractivity contribution in [3.63, 3.8) is 0 Å². The average molecular weight is 380 g/mol. The van der Waals surface area contributed by atoms with Crippen LogP contribution in [0.15, 0.2) is 0 Å². The number of aryl methyl sites for hydroxylation is 1. The van der Waals surface area contributed by atoms with E-state index in [0.29, 0.717) is 49.4 Å². The molecular formula is C20H32N2O5. The van der Waals surface area contributed by atoms with Gasteiger partial charge >= 0.3 is 5.97 Å². The van der Waals surface area contributed by atoms with Crippen molar-refractivity contribution in [2.24, 2.45) is 0 Å². The van der Waals surface area contributed by atoms with Crippen LogP contribution in [0.5, 0.6) is 0 Å². The Morgan fingerprint density at radius 2 is 1.78 bits per heavy atom. The predicted molar refractivity (Wildman–Crippen MR) is 103 cm³/mol. The number of nitrogens with one attached hydrogen (secondary N) is 1. The van der Waals surface area contributed by atoms with Crippen LogP contribution < -0.4 is 0 Å². The number of H-pyrrole nitrogens is 1. The monoisotopic (exact) mass is 380 g/mol. The smallest absolute Gasteiger partial charge is 0.355 e. The molecule has 0 radical (unpaired) electrons. The zero-order valence-corrected chi connectivity index (χ0v) is 17.3. The zero-order valence-electron chi connectivity index (χ0n) is 17.3. The van der Waals surface area contributed by atoms with Crippen molar-refractivity contribution < 1.29 is 23.9 Å². The van der Waals surface area contributed by atoms with Crippen LogP contribution in [0.2, 0.25) is 0 Å². The third-order valence-corrected chi connectivity index (χ3v) is 4.53. The van der Waals surface area contributed by atoms with E-state index in [1.807, 2.05) is 6.92 Å². The van der Waals surface area contributed by atoms with Crippen molar-refractivity contribution in [3.8, 4) is 0 Å². The lowest BCUT2D eigenvalue weighted by Gasteiger charge is -2.28. The maximum atomic E-state index is 13.1. The maximum Gasteiger partial charge on any atom is 0.355 e. The van der Waals surface area contributed by atoms with Crippen molar-refractivity contribution in [1.29, 1.82) is 0 Å². The number of aromatic amines is 1. The molecule has 1 unspecified atom stereocenters. The lowest BCUT2D eigenvalue weighted by molar-refractivity contribution is -0.132. The fraction of sp³-hybridized carbons (Fsp3) is 0.650. The van der Waals surface area contributed by atoms with E-state index in [9.17, 15) is 14.4 Å². The molecule has 7 heteroatoms. The highest BCUT2D eigenvalue weighted by Crippen LogP contribution is 2.22. The van der Waals surface area contributed by atoms with E-state index in [0.717, 1.165) is 0 Å². The quantitative estimate of drug-likeness (QED) is 0.362. The minimum absolute atomic E-state index is 0.0798. The first-order chi connectivity index (χ1) is 12.8. The summed E-state index contributed by atoms with van der Waals surface area (Å²) in [5.41, 5.74) is 1.89. The molecule has 152 valence electrons. The average Bonchev–Trinajstić information content (AvgIpc) is 2.94. The van der Waals surface area contributed by atoms with Crippen LogP contribution in [0.25, 0.3) is 0 Å². The molecule has 0 spiro atoms. The van der Waals surface area contributed by atoms with Crippen LogP contribution >= 0.6 is 0 Å². The van der Waals surface area contributed by atoms with Gasteiger partial charge in [-0.3, -0.25) is 9.59 Å². The van der Waals surface area contributed by atoms with Crippen molar-refractivity contribution in [2.45, 2.75) is 60.4 Å². The molecular weight excluding hydrogens is 348 g/mol. The number of hydrogen-bond acceptors (Lipinski definition) is 5. The number of Topliss-reactive ketones (excluding diaryl/α,β-unsaturated/α-hetero) is 1. The lowest BCUT2D eigenvalue weighted by atomic mass is 9.99. The van der Waals surface area contributed by atoms with Crippen LogP contribution in [-0.4, -0.2) is 60.0 Å². The van der Waals surface area contributed by atoms with Gasteiger partial charge in [0.1, 0.15) is 5.69 Å². The summed E-state index contributed by atoms with van der Waals surface area (Å²) < 4.78 is 10.4. The Balaban J connectivity index is 3.06. The molecule has 1 aromatic rings. The van der Waals surface area contributed by atoms with Crippen LogP contribution in [0.3, 0.4) is 0 Å². The number of rotatable bonds is 11. The van der Waals surface area contributed by atoms with Crippen LogP contribution in [-0.2, 0) is 14.3 Å². The van der Waals surface area contributed by atoms with Crippen LogP contribution in [0.4, 0.5) is 0 Å². The standard InChI is InChI=1S/C20H32N2O5/c1-7-16(23)22(11-10-12-26-8-2)15(6)19(24)17-13(4)18(21-14(17)5)20(25)27-9-3/h15,21H,7-12H2,1-6H3. The van der Waals surface area contributed by atoms with Crippen LogP contribution in [0.1, 0.15) is 72.6 Å². The van der Waals surface area contributed by atoms with Gasteiger partial charge in [0.05, 0.1) is 12.6 Å². The molecule has 0 aliphatic rings. The fourth-order valence-corrected chi connectivity index (χ4v) is 3.10. The van der Waals surface area contributed by atoms with Crippen LogP contribution in [0, 0.1) is 13.8 Å². The number of nitrogens with zero attached hydrogens (tertiary/aromatic N) is 1. The number of ether oxygens (including phenoxy) is 2. The Labute approximate surface area is 161 Å². The van der Waals surface area contributed by atoms with Gasteiger partial charge in [0.25, 0.3) is 0 Å². The van der Waals surface area contributed by atoms with Crippen molar-refractivity contribution in [3.05, 3.63) is 22.5 Å². The molecule has 7 nitrogen and oxygen atoms in total. The van der Waals surface area contributed by atoms with Crippen molar-refractivity contribution in [1.82, 2.24) is 9.88 Å². The number of amides is 1. The number of ketones is 1. The Hall–Kier alpha value is -2.15. The highest BCUT2D eigenvalue weighted by molar-refractivity contribution is 6.06. The molecule has 27 heavy (non-hydrogen) atoms. The van der Waals surface area contributed by atoms with Gasteiger partial charge in [-0.15, -0.1) is 0 Å². The topological polar surface area (TPSA) is 88.7 Å². The molecule has 1 aromatic heterocycles. The molecule has 1 amide bonds. The first-order valence-electron chi connectivity index (χ1n) is 9.57. The van der Waals surface area contributed by atoms with Gasteiger partial charge in [0, 0.05) is 37.4 Å². The van der Waals surface area contributed by atoms with E-state index in [-0.39, 0.29) is 24.0 Å². The number of carbonyl (C=O) groups excluding carboxylic acids is 3. The summed E-state index contributed by atoms with van der Waals surface area (Å²) in [6, 6.07) is -0.623. The van der Waals surface area contributed by atoms with E-state index in [1.54, 1.807) is 39.5 Å². The summed E-state index contributed by atoms with van der Waals surface area (Å²) in [4.78, 5) is 42.1. The minimum atomic E-state index is -0.623. The van der Waals surface area contributed by atoms with E-state index in [1.165, 1.54) is 0 Å². The second-order valence-corrected chi connectivity index (χ2v) is 6.38. The zero-order chi connectivity index (χ0) is 20.6. The van der Waals surface area contributed by atoms with E-state index in [4.69, 9.17) is 9.47 Å². The molecule has 0 aromatic carbocycles. The lowest BCUT2D eigenvalue weighted by Crippen LogP contribution is -2.44. The summed E-state index contributed by atoms with van der Waals surface area (Å²) in [6.45, 7) is 12.5. The maximum absolute atomic E-state index is 13.1. The summed E-state index contributed by atoms with van der Waals surface area (Å²) in [5.74, 6) is -0.748. The third-order valence-electron chi connectivity index (χ3n) is 4.53. The molecule has 1 rings (SSSR count). The predicted octanol–water partition coefficient (Wildman–Crippen LogP) is 3.04. The normalized spacial score (nSPS) is 11.9. The van der Waals surface area contributed by atoms with Gasteiger partial charge in [-0.05, 0) is 46.6 Å². The van der Waals surface area contributed by atoms with Gasteiger partial charge in [0.15, 0.2) is 5.78 Å².